The van der Waals surface area contributed by atoms with Gasteiger partial charge in [-0.05, 0) is 35.7 Å². The summed E-state index contributed by atoms with van der Waals surface area (Å²) in [5, 5.41) is 22.7. The van der Waals surface area contributed by atoms with Gasteiger partial charge in [-0.1, -0.05) is 26.8 Å². The van der Waals surface area contributed by atoms with Crippen molar-refractivity contribution in [1.29, 1.82) is 0 Å². The van der Waals surface area contributed by atoms with Crippen LogP contribution >= 0.6 is 0 Å². The number of carbonyl (C=O) groups excluding carboxylic acids is 1. The molecule has 2 aromatic rings. The molecule has 1 amide bonds. The van der Waals surface area contributed by atoms with Gasteiger partial charge >= 0.3 is 0 Å². The van der Waals surface area contributed by atoms with Gasteiger partial charge < -0.3 is 15.5 Å². The molecule has 5 heteroatoms. The second-order valence-electron chi connectivity index (χ2n) is 6.07. The number of aromatic hydroxyl groups is 2. The van der Waals surface area contributed by atoms with E-state index < -0.39 is 11.7 Å². The Kier molecular flexibility index (Phi) is 4.08. The van der Waals surface area contributed by atoms with Crippen LogP contribution in [0, 0.1) is 5.82 Å². The molecule has 2 aromatic carbocycles. The van der Waals surface area contributed by atoms with Crippen molar-refractivity contribution in [2.24, 2.45) is 0 Å². The number of hydrogen-bond donors (Lipinski definition) is 3. The second-order valence-corrected chi connectivity index (χ2v) is 6.07. The van der Waals surface area contributed by atoms with Crippen LogP contribution in [0.5, 0.6) is 11.5 Å². The maximum atomic E-state index is 12.9. The molecule has 0 spiro atoms. The number of phenols is 2. The van der Waals surface area contributed by atoms with Crippen LogP contribution in [-0.4, -0.2) is 16.1 Å². The van der Waals surface area contributed by atoms with Crippen molar-refractivity contribution < 1.29 is 19.4 Å². The van der Waals surface area contributed by atoms with Gasteiger partial charge in [0.2, 0.25) is 0 Å². The summed E-state index contributed by atoms with van der Waals surface area (Å²) in [6.07, 6.45) is 0. The largest absolute Gasteiger partial charge is 0.506 e. The maximum Gasteiger partial charge on any atom is 0.255 e. The van der Waals surface area contributed by atoms with Gasteiger partial charge in [-0.2, -0.15) is 0 Å². The fourth-order valence-electron chi connectivity index (χ4n) is 2.10. The molecule has 0 heterocycles. The standard InChI is InChI=1S/C17H18FNO3/c1-17(2,3)12-8-9-13(20)14(15(12)21)19-16(22)10-4-6-11(18)7-5-10/h4-9,20-21H,1-3H3,(H,19,22). The number of amides is 1. The molecule has 0 aromatic heterocycles. The molecule has 2 rings (SSSR count). The minimum atomic E-state index is -0.545. The van der Waals surface area contributed by atoms with E-state index in [1.807, 2.05) is 20.8 Å². The van der Waals surface area contributed by atoms with Gasteiger partial charge in [-0.15, -0.1) is 0 Å². The first kappa shape index (κ1) is 15.8. The highest BCUT2D eigenvalue weighted by atomic mass is 19.1. The van der Waals surface area contributed by atoms with E-state index in [9.17, 15) is 19.4 Å². The van der Waals surface area contributed by atoms with Crippen molar-refractivity contribution in [3.63, 3.8) is 0 Å². The monoisotopic (exact) mass is 303 g/mol. The lowest BCUT2D eigenvalue weighted by molar-refractivity contribution is 0.102. The van der Waals surface area contributed by atoms with Crippen LogP contribution in [-0.2, 0) is 5.41 Å². The minimum Gasteiger partial charge on any atom is -0.506 e. The highest BCUT2D eigenvalue weighted by Gasteiger charge is 2.23. The molecule has 0 aliphatic carbocycles. The molecule has 116 valence electrons. The quantitative estimate of drug-likeness (QED) is 0.739. The van der Waals surface area contributed by atoms with Gasteiger partial charge in [0.05, 0.1) is 0 Å². The lowest BCUT2D eigenvalue weighted by atomic mass is 9.86. The first-order valence-corrected chi connectivity index (χ1v) is 6.82. The molecule has 0 bridgehead atoms. The predicted octanol–water partition coefficient (Wildman–Crippen LogP) is 3.79. The van der Waals surface area contributed by atoms with Gasteiger partial charge in [-0.25, -0.2) is 4.39 Å². The number of nitrogens with one attached hydrogen (secondary N) is 1. The van der Waals surface area contributed by atoms with E-state index in [-0.39, 0.29) is 28.2 Å². The molecule has 22 heavy (non-hydrogen) atoms. The van der Waals surface area contributed by atoms with E-state index in [2.05, 4.69) is 5.32 Å². The zero-order chi connectivity index (χ0) is 16.5. The Hall–Kier alpha value is -2.56. The minimum absolute atomic E-state index is 0.0539. The number of halogens is 1. The van der Waals surface area contributed by atoms with E-state index in [4.69, 9.17) is 0 Å². The molecule has 0 saturated heterocycles. The predicted molar refractivity (Wildman–Crippen MR) is 82.8 cm³/mol. The van der Waals surface area contributed by atoms with E-state index in [0.717, 1.165) is 0 Å². The van der Waals surface area contributed by atoms with E-state index in [0.29, 0.717) is 5.56 Å². The van der Waals surface area contributed by atoms with E-state index in [1.54, 1.807) is 6.07 Å². The molecule has 0 unspecified atom stereocenters. The maximum absolute atomic E-state index is 12.9. The topological polar surface area (TPSA) is 69.6 Å². The van der Waals surface area contributed by atoms with Crippen LogP contribution in [0.3, 0.4) is 0 Å². The first-order chi connectivity index (χ1) is 10.2. The zero-order valence-electron chi connectivity index (χ0n) is 12.6. The van der Waals surface area contributed by atoms with Crippen molar-refractivity contribution in [3.8, 4) is 11.5 Å². The third-order valence-corrected chi connectivity index (χ3v) is 3.31. The van der Waals surface area contributed by atoms with Gasteiger partial charge in [0.1, 0.15) is 23.0 Å². The number of rotatable bonds is 2. The Bertz CT molecular complexity index is 703. The molecule has 3 N–H and O–H groups in total. The van der Waals surface area contributed by atoms with Gasteiger partial charge in [-0.3, -0.25) is 4.79 Å². The number of anilines is 1. The van der Waals surface area contributed by atoms with Crippen molar-refractivity contribution in [1.82, 2.24) is 0 Å². The van der Waals surface area contributed by atoms with Crippen molar-refractivity contribution in [2.75, 3.05) is 5.32 Å². The number of hydrogen-bond acceptors (Lipinski definition) is 3. The van der Waals surface area contributed by atoms with Crippen LogP contribution in [0.2, 0.25) is 0 Å². The van der Waals surface area contributed by atoms with Crippen molar-refractivity contribution in [3.05, 3.63) is 53.3 Å². The fraction of sp³-hybridized carbons (Fsp3) is 0.235. The van der Waals surface area contributed by atoms with Crippen LogP contribution in [0.15, 0.2) is 36.4 Å². The molecular weight excluding hydrogens is 285 g/mol. The molecule has 0 atom stereocenters. The Labute approximate surface area is 128 Å². The van der Waals surface area contributed by atoms with Gasteiger partial charge in [0.25, 0.3) is 5.91 Å². The Morgan fingerprint density at radius 3 is 2.18 bits per heavy atom. The molecule has 0 aliphatic rings. The molecule has 0 saturated carbocycles. The summed E-state index contributed by atoms with van der Waals surface area (Å²) in [4.78, 5) is 12.1. The first-order valence-electron chi connectivity index (χ1n) is 6.82. The van der Waals surface area contributed by atoms with Crippen LogP contribution in [0.25, 0.3) is 0 Å². The highest BCUT2D eigenvalue weighted by molar-refractivity contribution is 6.06. The Morgan fingerprint density at radius 1 is 1.05 bits per heavy atom. The summed E-state index contributed by atoms with van der Waals surface area (Å²) < 4.78 is 12.9. The normalized spacial score (nSPS) is 11.3. The van der Waals surface area contributed by atoms with E-state index in [1.165, 1.54) is 30.3 Å². The smallest absolute Gasteiger partial charge is 0.255 e. The second kappa shape index (κ2) is 5.67. The number of phenolic OH excluding ortho intramolecular Hbond substituents is 2. The molecule has 4 nitrogen and oxygen atoms in total. The third kappa shape index (κ3) is 3.19. The summed E-state index contributed by atoms with van der Waals surface area (Å²) in [5.41, 5.74) is 0.412. The van der Waals surface area contributed by atoms with Crippen LogP contribution in [0.4, 0.5) is 10.1 Å². The van der Waals surface area contributed by atoms with E-state index >= 15 is 0 Å². The highest BCUT2D eigenvalue weighted by Crippen LogP contribution is 2.41. The summed E-state index contributed by atoms with van der Waals surface area (Å²) >= 11 is 0. The Morgan fingerprint density at radius 2 is 1.64 bits per heavy atom. The van der Waals surface area contributed by atoms with Crippen molar-refractivity contribution in [2.45, 2.75) is 26.2 Å². The number of carbonyl (C=O) groups is 1. The molecular formula is C17H18FNO3. The lowest BCUT2D eigenvalue weighted by Crippen LogP contribution is -2.15. The summed E-state index contributed by atoms with van der Waals surface area (Å²) in [7, 11) is 0. The average Bonchev–Trinajstić information content (AvgIpc) is 2.42. The fourth-order valence-corrected chi connectivity index (χ4v) is 2.10. The van der Waals surface area contributed by atoms with Gasteiger partial charge in [0, 0.05) is 11.1 Å². The average molecular weight is 303 g/mol. The van der Waals surface area contributed by atoms with Crippen LogP contribution < -0.4 is 5.32 Å². The summed E-state index contributed by atoms with van der Waals surface area (Å²) in [6, 6.07) is 8.01. The van der Waals surface area contributed by atoms with Crippen molar-refractivity contribution >= 4 is 11.6 Å². The zero-order valence-corrected chi connectivity index (χ0v) is 12.6. The molecule has 0 fully saturated rings. The van der Waals surface area contributed by atoms with Crippen LogP contribution in [0.1, 0.15) is 36.7 Å². The molecule has 0 radical (unpaired) electrons. The third-order valence-electron chi connectivity index (χ3n) is 3.31. The lowest BCUT2D eigenvalue weighted by Gasteiger charge is -2.22. The number of benzene rings is 2. The summed E-state index contributed by atoms with van der Waals surface area (Å²) in [5.74, 6) is -1.41. The molecule has 0 aliphatic heterocycles. The summed E-state index contributed by atoms with van der Waals surface area (Å²) in [6.45, 7) is 5.72. The Balaban J connectivity index is 2.37. The van der Waals surface area contributed by atoms with Gasteiger partial charge in [0.15, 0.2) is 0 Å². The SMILES string of the molecule is CC(C)(C)c1ccc(O)c(NC(=O)c2ccc(F)cc2)c1O.